The average Bonchev–Trinajstić information content (AvgIpc) is 2.51. The third-order valence-electron chi connectivity index (χ3n) is 3.06. The number of hydrogen-bond donors (Lipinski definition) is 0. The van der Waals surface area contributed by atoms with Crippen LogP contribution in [0.4, 0.5) is 0 Å². The third-order valence-corrected chi connectivity index (χ3v) is 3.06. The molecule has 0 spiro atoms. The van der Waals surface area contributed by atoms with E-state index in [9.17, 15) is 14.4 Å². The van der Waals surface area contributed by atoms with Gasteiger partial charge in [-0.15, -0.1) is 0 Å². The summed E-state index contributed by atoms with van der Waals surface area (Å²) < 4.78 is 26.6. The Labute approximate surface area is 184 Å². The van der Waals surface area contributed by atoms with Crippen molar-refractivity contribution < 1.29 is 75.6 Å². The van der Waals surface area contributed by atoms with Gasteiger partial charge in [-0.2, -0.15) is 0 Å². The summed E-state index contributed by atoms with van der Waals surface area (Å²) in [5.41, 5.74) is 0. The van der Waals surface area contributed by atoms with E-state index in [4.69, 9.17) is 33.6 Å². The van der Waals surface area contributed by atoms with Crippen LogP contribution in [0, 0.1) is 0 Å². The van der Waals surface area contributed by atoms with E-state index in [-0.39, 0.29) is 40.7 Å². The Kier molecular flexibility index (Phi) is 16.2. The molecule has 0 aromatic carbocycles. The van der Waals surface area contributed by atoms with E-state index in [1.807, 2.05) is 6.92 Å². The molecule has 1 rings (SSSR count). The number of esters is 3. The summed E-state index contributed by atoms with van der Waals surface area (Å²) in [6.45, 7) is 7.03. The van der Waals surface area contributed by atoms with E-state index in [2.05, 4.69) is 0 Å². The zero-order valence-electron chi connectivity index (χ0n) is 16.9. The molecule has 1 fully saturated rings. The summed E-state index contributed by atoms with van der Waals surface area (Å²) in [5, 5.41) is 8.89. The van der Waals surface area contributed by atoms with Crippen LogP contribution in [0.25, 0.3) is 0 Å². The maximum Gasteiger partial charge on any atom is 1.00 e. The molecule has 0 aromatic rings. The number of aliphatic carboxylic acids is 1. The number of rotatable bonds is 7. The van der Waals surface area contributed by atoms with Crippen molar-refractivity contribution in [3.8, 4) is 0 Å². The van der Waals surface area contributed by atoms with Gasteiger partial charge in [0.25, 0.3) is 0 Å². The molecule has 4 unspecified atom stereocenters. The van der Waals surface area contributed by atoms with Crippen LogP contribution in [0.3, 0.4) is 0 Å². The first kappa shape index (κ1) is 28.9. The maximum atomic E-state index is 11.3. The molecular formula is C17H27HgO10. The zero-order valence-corrected chi connectivity index (χ0v) is 22.4. The molecule has 28 heavy (non-hydrogen) atoms. The molecule has 0 amide bonds. The molecule has 0 bridgehead atoms. The van der Waals surface area contributed by atoms with E-state index >= 15 is 0 Å². The van der Waals surface area contributed by atoms with Crippen LogP contribution in [0.5, 0.6) is 0 Å². The van der Waals surface area contributed by atoms with Gasteiger partial charge >= 0.3 is 45.6 Å². The van der Waals surface area contributed by atoms with Crippen LogP contribution in [0.1, 0.15) is 47.5 Å². The molecule has 1 aliphatic heterocycles. The minimum absolute atomic E-state index is 0. The van der Waals surface area contributed by atoms with Gasteiger partial charge in [0.1, 0.15) is 18.8 Å². The Balaban J connectivity index is 0. The van der Waals surface area contributed by atoms with Crippen molar-refractivity contribution in [2.45, 2.75) is 72.1 Å². The fraction of sp³-hybridized carbons (Fsp3) is 0.765. The Morgan fingerprint density at radius 2 is 1.54 bits per heavy atom. The molecule has 157 valence electrons. The summed E-state index contributed by atoms with van der Waals surface area (Å²) >= 11 is 0. The number of carboxylic acids is 1. The largest absolute Gasteiger partial charge is 1.00 e. The Bertz CT molecular complexity index is 506. The van der Waals surface area contributed by atoms with Crippen molar-refractivity contribution in [2.24, 2.45) is 0 Å². The molecule has 10 nitrogen and oxygen atoms in total. The van der Waals surface area contributed by atoms with Gasteiger partial charge < -0.3 is 33.6 Å². The van der Waals surface area contributed by atoms with Gasteiger partial charge in [0, 0.05) is 39.8 Å². The van der Waals surface area contributed by atoms with Crippen molar-refractivity contribution in [3.63, 3.8) is 0 Å². The van der Waals surface area contributed by atoms with Gasteiger partial charge in [-0.25, -0.2) is 0 Å². The van der Waals surface area contributed by atoms with Gasteiger partial charge in [-0.05, 0) is 13.3 Å². The van der Waals surface area contributed by atoms with Gasteiger partial charge in [0.15, 0.2) is 12.4 Å². The van der Waals surface area contributed by atoms with E-state index in [1.165, 1.54) is 20.8 Å². The minimum atomic E-state index is -1.08. The van der Waals surface area contributed by atoms with Gasteiger partial charge in [-0.3, -0.25) is 14.4 Å². The third kappa shape index (κ3) is 13.8. The SMILES string of the molecule is CC(=O)[O-].CCCOC1CC(OC(C)=O)C(OC(C)=O)C(COC(C)=O)O1.[Hg+]. The topological polar surface area (TPSA) is 137 Å². The number of ether oxygens (including phenoxy) is 5. The van der Waals surface area contributed by atoms with E-state index in [0.29, 0.717) is 6.61 Å². The second-order valence-electron chi connectivity index (χ2n) is 5.73. The number of carbonyl (C=O) groups is 4. The second-order valence-corrected chi connectivity index (χ2v) is 5.73. The van der Waals surface area contributed by atoms with Crippen LogP contribution in [-0.2, 0) is 70.5 Å². The molecule has 0 aliphatic carbocycles. The van der Waals surface area contributed by atoms with Crippen molar-refractivity contribution in [2.75, 3.05) is 13.2 Å². The molecule has 1 heterocycles. The monoisotopic (exact) mass is 593 g/mol. The average molecular weight is 592 g/mol. The standard InChI is InChI=1S/C15H24O8.C2H4O2.Hg/c1-5-6-19-14-7-12(21-10(3)17)15(22-11(4)18)13(23-14)8-20-9(2)16;1-2(3)4;/h12-15H,5-8H2,1-4H3;1H3,(H,3,4);/q;;+1/p-1. The molecule has 0 N–H and O–H groups in total. The fourth-order valence-electron chi connectivity index (χ4n) is 2.25. The number of hydrogen-bond acceptors (Lipinski definition) is 10. The molecule has 0 saturated carbocycles. The van der Waals surface area contributed by atoms with Crippen LogP contribution in [0.15, 0.2) is 0 Å². The first-order valence-corrected chi connectivity index (χ1v) is 8.49. The van der Waals surface area contributed by atoms with Crippen molar-refractivity contribution in [1.29, 1.82) is 0 Å². The number of carboxylic acid groups (broad SMARTS) is 1. The minimum Gasteiger partial charge on any atom is -0.550 e. The van der Waals surface area contributed by atoms with Crippen molar-refractivity contribution >= 4 is 23.9 Å². The molecule has 1 saturated heterocycles. The Morgan fingerprint density at radius 1 is 1.00 bits per heavy atom. The second kappa shape index (κ2) is 15.6. The van der Waals surface area contributed by atoms with Crippen molar-refractivity contribution in [3.05, 3.63) is 0 Å². The summed E-state index contributed by atoms with van der Waals surface area (Å²) in [7, 11) is 0. The van der Waals surface area contributed by atoms with Crippen LogP contribution in [0.2, 0.25) is 0 Å². The van der Waals surface area contributed by atoms with Crippen LogP contribution < -0.4 is 5.11 Å². The predicted molar refractivity (Wildman–Crippen MR) is 87.9 cm³/mol. The summed E-state index contributed by atoms with van der Waals surface area (Å²) in [6.07, 6.45) is -1.98. The molecule has 4 atom stereocenters. The predicted octanol–water partition coefficient (Wildman–Crippen LogP) is -0.292. The molecule has 1 radical (unpaired) electrons. The van der Waals surface area contributed by atoms with Crippen molar-refractivity contribution in [1.82, 2.24) is 0 Å². The fourth-order valence-corrected chi connectivity index (χ4v) is 2.25. The van der Waals surface area contributed by atoms with Gasteiger partial charge in [-0.1, -0.05) is 6.92 Å². The normalized spacial score (nSPS) is 23.2. The molecule has 0 aromatic heterocycles. The number of carbonyl (C=O) groups excluding carboxylic acids is 4. The Hall–Kier alpha value is -1.26. The van der Waals surface area contributed by atoms with E-state index in [1.54, 1.807) is 0 Å². The Morgan fingerprint density at radius 3 is 1.96 bits per heavy atom. The summed E-state index contributed by atoms with van der Waals surface area (Å²) in [4.78, 5) is 42.5. The van der Waals surface area contributed by atoms with E-state index < -0.39 is 48.5 Å². The first-order chi connectivity index (χ1) is 12.6. The van der Waals surface area contributed by atoms with Gasteiger partial charge in [0.05, 0.1) is 0 Å². The maximum absolute atomic E-state index is 11.3. The summed E-state index contributed by atoms with van der Waals surface area (Å²) in [6, 6.07) is 0. The molecule has 11 heteroatoms. The zero-order chi connectivity index (χ0) is 21.0. The molecule has 1 aliphatic rings. The molecular weight excluding hydrogens is 565 g/mol. The van der Waals surface area contributed by atoms with Crippen LogP contribution >= 0.6 is 0 Å². The van der Waals surface area contributed by atoms with E-state index in [0.717, 1.165) is 13.3 Å². The summed E-state index contributed by atoms with van der Waals surface area (Å²) in [5.74, 6) is -2.62. The quantitative estimate of drug-likeness (QED) is 0.221. The smallest absolute Gasteiger partial charge is 0.550 e. The van der Waals surface area contributed by atoms with Gasteiger partial charge in [0.2, 0.25) is 0 Å². The van der Waals surface area contributed by atoms with Crippen LogP contribution in [-0.4, -0.2) is 61.7 Å². The first-order valence-electron chi connectivity index (χ1n) is 8.49.